The van der Waals surface area contributed by atoms with Crippen LogP contribution in [0.5, 0.6) is 0 Å². The average molecular weight is 277 g/mol. The van der Waals surface area contributed by atoms with Gasteiger partial charge in [0.15, 0.2) is 0 Å². The van der Waals surface area contributed by atoms with Crippen LogP contribution in [0, 0.1) is 19.3 Å². The van der Waals surface area contributed by atoms with E-state index in [1.807, 2.05) is 62.4 Å². The highest BCUT2D eigenvalue weighted by Gasteiger charge is 2.14. The lowest BCUT2D eigenvalue weighted by Crippen LogP contribution is -2.32. The van der Waals surface area contributed by atoms with E-state index in [1.165, 1.54) is 0 Å². The summed E-state index contributed by atoms with van der Waals surface area (Å²) in [7, 11) is 0. The van der Waals surface area contributed by atoms with Crippen molar-refractivity contribution >= 4 is 11.6 Å². The molecule has 0 aromatic heterocycles. The summed E-state index contributed by atoms with van der Waals surface area (Å²) in [5.41, 5.74) is 3.84. The maximum atomic E-state index is 12.5. The van der Waals surface area contributed by atoms with Gasteiger partial charge in [-0.3, -0.25) is 4.79 Å². The van der Waals surface area contributed by atoms with Crippen molar-refractivity contribution < 1.29 is 4.79 Å². The molecule has 0 unspecified atom stereocenters. The van der Waals surface area contributed by atoms with Crippen molar-refractivity contribution in [3.05, 3.63) is 65.2 Å². The summed E-state index contributed by atoms with van der Waals surface area (Å²) in [5.74, 6) is 2.69. The van der Waals surface area contributed by atoms with Crippen molar-refractivity contribution in [3.63, 3.8) is 0 Å². The summed E-state index contributed by atoms with van der Waals surface area (Å²) in [6.07, 6.45) is 5.82. The molecule has 2 aromatic carbocycles. The molecule has 0 atom stereocenters. The van der Waals surface area contributed by atoms with Gasteiger partial charge in [0.2, 0.25) is 5.91 Å². The van der Waals surface area contributed by atoms with Crippen LogP contribution in [0.3, 0.4) is 0 Å². The fourth-order valence-corrected chi connectivity index (χ4v) is 2.36. The van der Waals surface area contributed by atoms with Gasteiger partial charge in [-0.05, 0) is 37.6 Å². The van der Waals surface area contributed by atoms with Crippen LogP contribution in [0.25, 0.3) is 0 Å². The Balaban J connectivity index is 2.20. The second kappa shape index (κ2) is 6.76. The number of terminal acetylenes is 1. The van der Waals surface area contributed by atoms with Gasteiger partial charge in [-0.2, -0.15) is 0 Å². The molecule has 0 bridgehead atoms. The highest BCUT2D eigenvalue weighted by Crippen LogP contribution is 2.17. The van der Waals surface area contributed by atoms with Crippen LogP contribution in [0.2, 0.25) is 0 Å². The van der Waals surface area contributed by atoms with Crippen molar-refractivity contribution in [1.29, 1.82) is 0 Å². The summed E-state index contributed by atoms with van der Waals surface area (Å²) >= 11 is 0. The van der Waals surface area contributed by atoms with Crippen LogP contribution in [0.1, 0.15) is 23.6 Å². The highest BCUT2D eigenvalue weighted by molar-refractivity contribution is 5.94. The second-order valence-corrected chi connectivity index (χ2v) is 5.00. The highest BCUT2D eigenvalue weighted by atomic mass is 16.2. The molecule has 106 valence electrons. The Morgan fingerprint density at radius 3 is 2.62 bits per heavy atom. The molecular formula is C19H19NO. The SMILES string of the molecule is C#Cc1cccc(N(CC)C(=O)Cc2cccc(C)c2)c1. The third-order valence-electron chi connectivity index (χ3n) is 3.38. The fraction of sp³-hybridized carbons (Fsp3) is 0.211. The first kappa shape index (κ1) is 14.9. The van der Waals surface area contributed by atoms with Crippen LogP contribution in [-0.4, -0.2) is 12.5 Å². The summed E-state index contributed by atoms with van der Waals surface area (Å²) < 4.78 is 0. The van der Waals surface area contributed by atoms with Crippen LogP contribution in [0.4, 0.5) is 5.69 Å². The van der Waals surface area contributed by atoms with Gasteiger partial charge in [-0.25, -0.2) is 0 Å². The number of hydrogen-bond donors (Lipinski definition) is 0. The van der Waals surface area contributed by atoms with Crippen molar-refractivity contribution in [2.24, 2.45) is 0 Å². The molecule has 0 heterocycles. The first-order valence-electron chi connectivity index (χ1n) is 7.06. The maximum Gasteiger partial charge on any atom is 0.231 e. The number of anilines is 1. The largest absolute Gasteiger partial charge is 0.312 e. The quantitative estimate of drug-likeness (QED) is 0.782. The van der Waals surface area contributed by atoms with Gasteiger partial charge >= 0.3 is 0 Å². The molecule has 0 saturated carbocycles. The van der Waals surface area contributed by atoms with Gasteiger partial charge in [0, 0.05) is 17.8 Å². The van der Waals surface area contributed by atoms with Crippen molar-refractivity contribution in [2.45, 2.75) is 20.3 Å². The van der Waals surface area contributed by atoms with E-state index in [0.717, 1.165) is 22.4 Å². The van der Waals surface area contributed by atoms with Crippen molar-refractivity contribution in [3.8, 4) is 12.3 Å². The Bertz CT molecular complexity index is 682. The Morgan fingerprint density at radius 1 is 1.19 bits per heavy atom. The molecule has 0 spiro atoms. The summed E-state index contributed by atoms with van der Waals surface area (Å²) in [5, 5.41) is 0. The van der Waals surface area contributed by atoms with E-state index >= 15 is 0 Å². The third-order valence-corrected chi connectivity index (χ3v) is 3.38. The molecule has 0 aliphatic carbocycles. The van der Waals surface area contributed by atoms with E-state index in [2.05, 4.69) is 5.92 Å². The smallest absolute Gasteiger partial charge is 0.231 e. The van der Waals surface area contributed by atoms with E-state index in [9.17, 15) is 4.79 Å². The first-order valence-corrected chi connectivity index (χ1v) is 7.06. The summed E-state index contributed by atoms with van der Waals surface area (Å²) in [4.78, 5) is 14.3. The predicted octanol–water partition coefficient (Wildman–Crippen LogP) is 3.57. The van der Waals surface area contributed by atoms with E-state index in [0.29, 0.717) is 13.0 Å². The molecule has 0 N–H and O–H groups in total. The van der Waals surface area contributed by atoms with E-state index in [-0.39, 0.29) is 5.91 Å². The molecule has 0 aliphatic rings. The molecule has 21 heavy (non-hydrogen) atoms. The zero-order chi connectivity index (χ0) is 15.2. The standard InChI is InChI=1S/C19H19NO/c1-4-16-9-7-11-18(13-16)20(5-2)19(21)14-17-10-6-8-15(3)12-17/h1,6-13H,5,14H2,2-3H3. The van der Waals surface area contributed by atoms with Gasteiger partial charge in [0.25, 0.3) is 0 Å². The molecule has 2 nitrogen and oxygen atoms in total. The first-order chi connectivity index (χ1) is 10.1. The number of aryl methyl sites for hydroxylation is 1. The maximum absolute atomic E-state index is 12.5. The van der Waals surface area contributed by atoms with Gasteiger partial charge in [0.1, 0.15) is 0 Å². The monoisotopic (exact) mass is 277 g/mol. The number of amides is 1. The normalized spacial score (nSPS) is 9.95. The minimum absolute atomic E-state index is 0.0808. The average Bonchev–Trinajstić information content (AvgIpc) is 2.48. The minimum atomic E-state index is 0.0808. The molecule has 0 saturated heterocycles. The van der Waals surface area contributed by atoms with Crippen LogP contribution in [-0.2, 0) is 11.2 Å². The summed E-state index contributed by atoms with van der Waals surface area (Å²) in [6.45, 7) is 4.62. The number of benzene rings is 2. The number of likely N-dealkylation sites (N-methyl/N-ethyl adjacent to an activating group) is 1. The molecule has 0 aliphatic heterocycles. The van der Waals surface area contributed by atoms with Crippen LogP contribution in [0.15, 0.2) is 48.5 Å². The molecular weight excluding hydrogens is 258 g/mol. The predicted molar refractivity (Wildman–Crippen MR) is 87.3 cm³/mol. The van der Waals surface area contributed by atoms with Gasteiger partial charge < -0.3 is 4.90 Å². The molecule has 0 fully saturated rings. The van der Waals surface area contributed by atoms with Crippen molar-refractivity contribution in [1.82, 2.24) is 0 Å². The lowest BCUT2D eigenvalue weighted by molar-refractivity contribution is -0.117. The summed E-state index contributed by atoms with van der Waals surface area (Å²) in [6, 6.07) is 15.6. The van der Waals surface area contributed by atoms with Gasteiger partial charge in [-0.15, -0.1) is 6.42 Å². The molecule has 2 aromatic rings. The molecule has 2 rings (SSSR count). The molecule has 0 radical (unpaired) electrons. The fourth-order valence-electron chi connectivity index (χ4n) is 2.36. The van der Waals surface area contributed by atoms with Gasteiger partial charge in [0.05, 0.1) is 6.42 Å². The Morgan fingerprint density at radius 2 is 1.95 bits per heavy atom. The lowest BCUT2D eigenvalue weighted by Gasteiger charge is -2.21. The van der Waals surface area contributed by atoms with Crippen molar-refractivity contribution in [2.75, 3.05) is 11.4 Å². The number of rotatable bonds is 4. The van der Waals surface area contributed by atoms with Gasteiger partial charge in [-0.1, -0.05) is 41.8 Å². The Labute approximate surface area is 126 Å². The molecule has 1 amide bonds. The third kappa shape index (κ3) is 3.73. The minimum Gasteiger partial charge on any atom is -0.312 e. The zero-order valence-corrected chi connectivity index (χ0v) is 12.5. The zero-order valence-electron chi connectivity index (χ0n) is 12.5. The number of hydrogen-bond acceptors (Lipinski definition) is 1. The van der Waals surface area contributed by atoms with Crippen LogP contribution < -0.4 is 4.90 Å². The number of carbonyl (C=O) groups excluding carboxylic acids is 1. The number of carbonyl (C=O) groups is 1. The van der Waals surface area contributed by atoms with E-state index in [4.69, 9.17) is 6.42 Å². The Hall–Kier alpha value is -2.53. The Kier molecular flexibility index (Phi) is 4.79. The number of nitrogens with zero attached hydrogens (tertiary/aromatic N) is 1. The lowest BCUT2D eigenvalue weighted by atomic mass is 10.1. The second-order valence-electron chi connectivity index (χ2n) is 5.00. The van der Waals surface area contributed by atoms with E-state index < -0.39 is 0 Å². The topological polar surface area (TPSA) is 20.3 Å². The van der Waals surface area contributed by atoms with Crippen LogP contribution >= 0.6 is 0 Å². The van der Waals surface area contributed by atoms with E-state index in [1.54, 1.807) is 4.90 Å². The molecule has 2 heteroatoms.